The van der Waals surface area contributed by atoms with Gasteiger partial charge in [0.25, 0.3) is 5.91 Å². The van der Waals surface area contributed by atoms with Gasteiger partial charge in [0.05, 0.1) is 0 Å². The van der Waals surface area contributed by atoms with Crippen LogP contribution in [0.1, 0.15) is 36.2 Å². The SMILES string of the molecule is CCCNCCNC(=O)c1ccc(CC)cc1. The Labute approximate surface area is 104 Å². The van der Waals surface area contributed by atoms with Gasteiger partial charge in [-0.05, 0) is 37.1 Å². The van der Waals surface area contributed by atoms with Crippen LogP contribution in [0.2, 0.25) is 0 Å². The second-order valence-electron chi connectivity index (χ2n) is 4.06. The summed E-state index contributed by atoms with van der Waals surface area (Å²) in [4.78, 5) is 11.7. The molecule has 0 bridgehead atoms. The number of benzene rings is 1. The van der Waals surface area contributed by atoms with Gasteiger partial charge >= 0.3 is 0 Å². The van der Waals surface area contributed by atoms with Crippen molar-refractivity contribution in [3.63, 3.8) is 0 Å². The number of carbonyl (C=O) groups is 1. The lowest BCUT2D eigenvalue weighted by Gasteiger charge is -2.06. The van der Waals surface area contributed by atoms with E-state index in [0.29, 0.717) is 6.54 Å². The van der Waals surface area contributed by atoms with Gasteiger partial charge in [0.2, 0.25) is 0 Å². The maximum Gasteiger partial charge on any atom is 0.251 e. The molecule has 0 aliphatic carbocycles. The molecule has 3 nitrogen and oxygen atoms in total. The molecule has 0 radical (unpaired) electrons. The maximum absolute atomic E-state index is 11.7. The first-order valence-corrected chi connectivity index (χ1v) is 6.35. The monoisotopic (exact) mass is 234 g/mol. The molecular formula is C14H22N2O. The van der Waals surface area contributed by atoms with Crippen molar-refractivity contribution in [3.8, 4) is 0 Å². The second-order valence-corrected chi connectivity index (χ2v) is 4.06. The molecule has 0 saturated heterocycles. The first kappa shape index (κ1) is 13.7. The summed E-state index contributed by atoms with van der Waals surface area (Å²) in [6, 6.07) is 7.77. The Kier molecular flexibility index (Phi) is 6.33. The van der Waals surface area contributed by atoms with Crippen LogP contribution in [0.15, 0.2) is 24.3 Å². The van der Waals surface area contributed by atoms with E-state index >= 15 is 0 Å². The fraction of sp³-hybridized carbons (Fsp3) is 0.500. The molecular weight excluding hydrogens is 212 g/mol. The van der Waals surface area contributed by atoms with Crippen molar-refractivity contribution < 1.29 is 4.79 Å². The average Bonchev–Trinajstić information content (AvgIpc) is 2.38. The van der Waals surface area contributed by atoms with E-state index in [0.717, 1.165) is 31.5 Å². The van der Waals surface area contributed by atoms with Crippen LogP contribution in [0, 0.1) is 0 Å². The molecule has 0 aliphatic heterocycles. The van der Waals surface area contributed by atoms with Crippen LogP contribution in [0.3, 0.4) is 0 Å². The Morgan fingerprint density at radius 3 is 2.35 bits per heavy atom. The summed E-state index contributed by atoms with van der Waals surface area (Å²) in [7, 11) is 0. The topological polar surface area (TPSA) is 41.1 Å². The zero-order valence-electron chi connectivity index (χ0n) is 10.8. The molecule has 0 aliphatic rings. The number of hydrogen-bond acceptors (Lipinski definition) is 2. The first-order valence-electron chi connectivity index (χ1n) is 6.35. The van der Waals surface area contributed by atoms with Crippen molar-refractivity contribution in [3.05, 3.63) is 35.4 Å². The largest absolute Gasteiger partial charge is 0.351 e. The lowest BCUT2D eigenvalue weighted by Crippen LogP contribution is -2.32. The Morgan fingerprint density at radius 2 is 1.76 bits per heavy atom. The highest BCUT2D eigenvalue weighted by molar-refractivity contribution is 5.94. The van der Waals surface area contributed by atoms with Gasteiger partial charge in [0.1, 0.15) is 0 Å². The second kappa shape index (κ2) is 7.85. The van der Waals surface area contributed by atoms with E-state index in [1.807, 2.05) is 24.3 Å². The molecule has 0 aromatic heterocycles. The van der Waals surface area contributed by atoms with Gasteiger partial charge in [-0.2, -0.15) is 0 Å². The normalized spacial score (nSPS) is 10.2. The fourth-order valence-corrected chi connectivity index (χ4v) is 1.56. The predicted octanol–water partition coefficient (Wildman–Crippen LogP) is 1.98. The van der Waals surface area contributed by atoms with Gasteiger partial charge in [0.15, 0.2) is 0 Å². The summed E-state index contributed by atoms with van der Waals surface area (Å²) in [6.07, 6.45) is 2.12. The number of amides is 1. The Hall–Kier alpha value is -1.35. The zero-order chi connectivity index (χ0) is 12.5. The highest BCUT2D eigenvalue weighted by atomic mass is 16.1. The van der Waals surface area contributed by atoms with E-state index in [-0.39, 0.29) is 5.91 Å². The van der Waals surface area contributed by atoms with Crippen LogP contribution in [0.5, 0.6) is 0 Å². The number of nitrogens with one attached hydrogen (secondary N) is 2. The average molecular weight is 234 g/mol. The van der Waals surface area contributed by atoms with Gasteiger partial charge in [-0.1, -0.05) is 26.0 Å². The van der Waals surface area contributed by atoms with Crippen molar-refractivity contribution in [2.45, 2.75) is 26.7 Å². The molecule has 0 atom stereocenters. The molecule has 0 saturated carbocycles. The van der Waals surface area contributed by atoms with Gasteiger partial charge in [-0.25, -0.2) is 0 Å². The maximum atomic E-state index is 11.7. The quantitative estimate of drug-likeness (QED) is 0.708. The highest BCUT2D eigenvalue weighted by Crippen LogP contribution is 2.04. The standard InChI is InChI=1S/C14H22N2O/c1-3-9-15-10-11-16-14(17)13-7-5-12(4-2)6-8-13/h5-8,15H,3-4,9-11H2,1-2H3,(H,16,17). The fourth-order valence-electron chi connectivity index (χ4n) is 1.56. The minimum atomic E-state index is 0.00551. The number of hydrogen-bond donors (Lipinski definition) is 2. The smallest absolute Gasteiger partial charge is 0.251 e. The molecule has 1 rings (SSSR count). The Morgan fingerprint density at radius 1 is 1.06 bits per heavy atom. The molecule has 1 aromatic carbocycles. The molecule has 1 amide bonds. The molecule has 0 spiro atoms. The van der Waals surface area contributed by atoms with Crippen molar-refractivity contribution in [1.29, 1.82) is 0 Å². The van der Waals surface area contributed by atoms with Gasteiger partial charge < -0.3 is 10.6 Å². The molecule has 1 aromatic rings. The molecule has 94 valence electrons. The molecule has 0 fully saturated rings. The number of aryl methyl sites for hydroxylation is 1. The van der Waals surface area contributed by atoms with E-state index < -0.39 is 0 Å². The minimum absolute atomic E-state index is 0.00551. The zero-order valence-corrected chi connectivity index (χ0v) is 10.8. The summed E-state index contributed by atoms with van der Waals surface area (Å²) < 4.78 is 0. The van der Waals surface area contributed by atoms with Crippen LogP contribution in [0.25, 0.3) is 0 Å². The third-order valence-corrected chi connectivity index (χ3v) is 2.64. The minimum Gasteiger partial charge on any atom is -0.351 e. The van der Waals surface area contributed by atoms with Crippen molar-refractivity contribution in [1.82, 2.24) is 10.6 Å². The molecule has 2 N–H and O–H groups in total. The molecule has 0 heterocycles. The summed E-state index contributed by atoms with van der Waals surface area (Å²) in [5.41, 5.74) is 1.99. The number of carbonyl (C=O) groups excluding carboxylic acids is 1. The molecule has 0 unspecified atom stereocenters. The third kappa shape index (κ3) is 5.00. The van der Waals surface area contributed by atoms with E-state index in [1.165, 1.54) is 5.56 Å². The van der Waals surface area contributed by atoms with Crippen LogP contribution in [-0.2, 0) is 6.42 Å². The highest BCUT2D eigenvalue weighted by Gasteiger charge is 2.03. The van der Waals surface area contributed by atoms with Crippen LogP contribution in [0.4, 0.5) is 0 Å². The third-order valence-electron chi connectivity index (χ3n) is 2.64. The molecule has 17 heavy (non-hydrogen) atoms. The summed E-state index contributed by atoms with van der Waals surface area (Å²) in [5.74, 6) is 0.00551. The van der Waals surface area contributed by atoms with Gasteiger partial charge in [-0.15, -0.1) is 0 Å². The van der Waals surface area contributed by atoms with Crippen molar-refractivity contribution >= 4 is 5.91 Å². The van der Waals surface area contributed by atoms with Gasteiger partial charge in [0, 0.05) is 18.7 Å². The lowest BCUT2D eigenvalue weighted by molar-refractivity contribution is 0.0954. The lowest BCUT2D eigenvalue weighted by atomic mass is 10.1. The number of rotatable bonds is 7. The van der Waals surface area contributed by atoms with Crippen molar-refractivity contribution in [2.24, 2.45) is 0 Å². The van der Waals surface area contributed by atoms with Crippen LogP contribution < -0.4 is 10.6 Å². The van der Waals surface area contributed by atoms with E-state index in [9.17, 15) is 4.79 Å². The van der Waals surface area contributed by atoms with Crippen molar-refractivity contribution in [2.75, 3.05) is 19.6 Å². The summed E-state index contributed by atoms with van der Waals surface area (Å²) in [6.45, 7) is 6.73. The molecule has 3 heteroatoms. The van der Waals surface area contributed by atoms with E-state index in [2.05, 4.69) is 24.5 Å². The van der Waals surface area contributed by atoms with E-state index in [4.69, 9.17) is 0 Å². The van der Waals surface area contributed by atoms with Crippen LogP contribution >= 0.6 is 0 Å². The van der Waals surface area contributed by atoms with Crippen LogP contribution in [-0.4, -0.2) is 25.5 Å². The summed E-state index contributed by atoms with van der Waals surface area (Å²) >= 11 is 0. The summed E-state index contributed by atoms with van der Waals surface area (Å²) in [5, 5.41) is 6.14. The Balaban J connectivity index is 2.31. The van der Waals surface area contributed by atoms with E-state index in [1.54, 1.807) is 0 Å². The predicted molar refractivity (Wildman–Crippen MR) is 71.3 cm³/mol. The first-order chi connectivity index (χ1) is 8.27. The Bertz CT molecular complexity index is 333. The van der Waals surface area contributed by atoms with Gasteiger partial charge in [-0.3, -0.25) is 4.79 Å².